The van der Waals surface area contributed by atoms with Crippen molar-refractivity contribution in [3.63, 3.8) is 0 Å². The highest BCUT2D eigenvalue weighted by Crippen LogP contribution is 2.46. The summed E-state index contributed by atoms with van der Waals surface area (Å²) >= 11 is 0. The topological polar surface area (TPSA) is 192 Å². The molecule has 3 N–H and O–H groups in total. The van der Waals surface area contributed by atoms with E-state index in [-0.39, 0.29) is 25.3 Å². The summed E-state index contributed by atoms with van der Waals surface area (Å²) in [7, 11) is -3.05. The first-order chi connectivity index (χ1) is 25.3. The number of fused-ring (bicyclic) bond motifs is 1. The Morgan fingerprint density at radius 1 is 1.09 bits per heavy atom. The van der Waals surface area contributed by atoms with E-state index in [1.54, 1.807) is 52.0 Å². The second-order valence-electron chi connectivity index (χ2n) is 16.0. The third-order valence-electron chi connectivity index (χ3n) is 10.0. The van der Waals surface area contributed by atoms with Crippen molar-refractivity contribution in [1.29, 1.82) is 0 Å². The lowest BCUT2D eigenvalue weighted by molar-refractivity contribution is -0.244. The van der Waals surface area contributed by atoms with Crippen molar-refractivity contribution in [2.75, 3.05) is 13.7 Å². The zero-order valence-electron chi connectivity index (χ0n) is 31.5. The Balaban J connectivity index is 1.44. The molecule has 3 aliphatic rings. The van der Waals surface area contributed by atoms with Crippen LogP contribution in [-0.4, -0.2) is 96.9 Å². The minimum Gasteiger partial charge on any atom is -0.497 e. The highest BCUT2D eigenvalue weighted by atomic mass is 32.2. The van der Waals surface area contributed by atoms with Crippen molar-refractivity contribution in [2.45, 2.75) is 108 Å². The standard InChI is InChI=1S/C36H46F3N5O10S/c1-9-21-18-35(21,30(47)43-55(49,50)54-34(7)13-14-34)42-27(45)25-17-23(52-28-24-11-10-22(51-8)16-20(24)12-15-40-28)19-44(25)29(46)26(32(2,3)4)41-31(48)53-33(5,6)36(37,38)39/h9-12,15-16,21,23,25-26H,1,13-14,17-19H2,2-8H3,(H,41,48)(H,42,45)(H,43,47)/t21-,23-,25+,26-,35-/m1/s1. The fraction of sp³-hybridized carbons (Fsp3) is 0.583. The van der Waals surface area contributed by atoms with E-state index < -0.39 is 86.6 Å². The summed E-state index contributed by atoms with van der Waals surface area (Å²) in [5.41, 5.74) is -6.74. The second-order valence-corrected chi connectivity index (χ2v) is 17.2. The number of ether oxygens (including phenoxy) is 3. The molecule has 302 valence electrons. The molecule has 15 nitrogen and oxygen atoms in total. The van der Waals surface area contributed by atoms with Gasteiger partial charge >= 0.3 is 22.6 Å². The van der Waals surface area contributed by atoms with Crippen molar-refractivity contribution in [1.82, 2.24) is 25.2 Å². The van der Waals surface area contributed by atoms with E-state index in [4.69, 9.17) is 18.4 Å². The number of carbonyl (C=O) groups is 4. The molecule has 1 aromatic heterocycles. The first-order valence-corrected chi connectivity index (χ1v) is 18.9. The maximum absolute atomic E-state index is 14.4. The number of hydrogen-bond acceptors (Lipinski definition) is 11. The highest BCUT2D eigenvalue weighted by Gasteiger charge is 2.62. The summed E-state index contributed by atoms with van der Waals surface area (Å²) < 4.78 is 89.4. The Labute approximate surface area is 316 Å². The number of nitrogens with one attached hydrogen (secondary N) is 3. The Bertz CT molecular complexity index is 1980. The number of alkyl halides is 3. The number of methoxy groups -OCH3 is 1. The fourth-order valence-corrected chi connectivity index (χ4v) is 7.37. The third kappa shape index (κ3) is 9.09. The average Bonchev–Trinajstić information content (AvgIpc) is 3.93. The molecular formula is C36H46F3N5O10S. The molecule has 0 bridgehead atoms. The first kappa shape index (κ1) is 41.5. The number of halogens is 3. The van der Waals surface area contributed by atoms with Crippen molar-refractivity contribution in [3.05, 3.63) is 43.1 Å². The zero-order valence-corrected chi connectivity index (χ0v) is 32.4. The normalized spacial score (nSPS) is 24.0. The molecule has 0 radical (unpaired) electrons. The van der Waals surface area contributed by atoms with Gasteiger partial charge < -0.3 is 29.7 Å². The molecule has 5 rings (SSSR count). The van der Waals surface area contributed by atoms with Gasteiger partial charge in [0.05, 0.1) is 19.3 Å². The Morgan fingerprint density at radius 3 is 2.33 bits per heavy atom. The van der Waals surface area contributed by atoms with Gasteiger partial charge in [0.1, 0.15) is 29.5 Å². The van der Waals surface area contributed by atoms with Gasteiger partial charge in [-0.3, -0.25) is 14.4 Å². The number of amides is 4. The largest absolute Gasteiger partial charge is 0.497 e. The van der Waals surface area contributed by atoms with E-state index in [1.807, 2.05) is 4.72 Å². The predicted molar refractivity (Wildman–Crippen MR) is 191 cm³/mol. The van der Waals surface area contributed by atoms with E-state index in [2.05, 4.69) is 22.2 Å². The third-order valence-corrected chi connectivity index (χ3v) is 11.1. The predicted octanol–water partition coefficient (Wildman–Crippen LogP) is 4.06. The van der Waals surface area contributed by atoms with E-state index in [0.29, 0.717) is 43.2 Å². The van der Waals surface area contributed by atoms with Gasteiger partial charge in [-0.05, 0) is 75.1 Å². The maximum Gasteiger partial charge on any atom is 0.427 e. The van der Waals surface area contributed by atoms with Crippen LogP contribution in [0.4, 0.5) is 18.0 Å². The van der Waals surface area contributed by atoms with Gasteiger partial charge in [0.15, 0.2) is 0 Å². The fourth-order valence-electron chi connectivity index (χ4n) is 6.22. The number of nitrogens with zero attached hydrogens (tertiary/aromatic N) is 2. The molecule has 2 aliphatic carbocycles. The number of rotatable bonds is 13. The molecule has 3 fully saturated rings. The van der Waals surface area contributed by atoms with Crippen LogP contribution in [0.25, 0.3) is 10.8 Å². The van der Waals surface area contributed by atoms with E-state index in [1.165, 1.54) is 19.4 Å². The summed E-state index contributed by atoms with van der Waals surface area (Å²) in [6.45, 7) is 11.0. The van der Waals surface area contributed by atoms with Gasteiger partial charge in [-0.1, -0.05) is 26.8 Å². The highest BCUT2D eigenvalue weighted by molar-refractivity contribution is 7.85. The molecule has 55 heavy (non-hydrogen) atoms. The molecule has 1 aromatic carbocycles. The van der Waals surface area contributed by atoms with Crippen LogP contribution in [0.15, 0.2) is 43.1 Å². The lowest BCUT2D eigenvalue weighted by atomic mass is 9.85. The summed E-state index contributed by atoms with van der Waals surface area (Å²) in [4.78, 5) is 60.5. The van der Waals surface area contributed by atoms with E-state index in [9.17, 15) is 40.8 Å². The van der Waals surface area contributed by atoms with Crippen LogP contribution < -0.4 is 24.8 Å². The van der Waals surface area contributed by atoms with Gasteiger partial charge in [0.25, 0.3) is 5.91 Å². The summed E-state index contributed by atoms with van der Waals surface area (Å²) in [6.07, 6.45) is -3.70. The second kappa shape index (κ2) is 14.5. The Morgan fingerprint density at radius 2 is 1.76 bits per heavy atom. The van der Waals surface area contributed by atoms with Crippen LogP contribution in [0.2, 0.25) is 0 Å². The van der Waals surface area contributed by atoms with Crippen LogP contribution in [-0.2, 0) is 33.6 Å². The Kier molecular flexibility index (Phi) is 10.9. The molecule has 19 heteroatoms. The van der Waals surface area contributed by atoms with Gasteiger partial charge in [-0.2, -0.15) is 21.6 Å². The van der Waals surface area contributed by atoms with Crippen molar-refractivity contribution >= 4 is 44.9 Å². The van der Waals surface area contributed by atoms with Crippen molar-refractivity contribution in [2.24, 2.45) is 11.3 Å². The van der Waals surface area contributed by atoms with Crippen LogP contribution in [0.1, 0.15) is 67.2 Å². The number of aromatic nitrogens is 1. The lowest BCUT2D eigenvalue weighted by Gasteiger charge is -2.36. The number of hydrogen-bond donors (Lipinski definition) is 3. The minimum absolute atomic E-state index is 0.0160. The first-order valence-electron chi connectivity index (χ1n) is 17.5. The Hall–Kier alpha value is -4.65. The van der Waals surface area contributed by atoms with Crippen LogP contribution in [0, 0.1) is 11.3 Å². The minimum atomic E-state index is -4.93. The van der Waals surface area contributed by atoms with E-state index in [0.717, 1.165) is 4.90 Å². The van der Waals surface area contributed by atoms with Gasteiger partial charge in [-0.25, -0.2) is 18.7 Å². The number of carbonyl (C=O) groups excluding carboxylic acids is 4. The summed E-state index contributed by atoms with van der Waals surface area (Å²) in [5, 5.41) is 6.19. The quantitative estimate of drug-likeness (QED) is 0.248. The molecule has 0 spiro atoms. The number of pyridine rings is 1. The molecule has 4 amide bonds. The van der Waals surface area contributed by atoms with Gasteiger partial charge in [0.2, 0.25) is 23.3 Å². The molecular weight excluding hydrogens is 751 g/mol. The molecule has 2 heterocycles. The van der Waals surface area contributed by atoms with Crippen LogP contribution in [0.5, 0.6) is 11.6 Å². The van der Waals surface area contributed by atoms with Crippen molar-refractivity contribution < 1.29 is 59.2 Å². The number of likely N-dealkylation sites (tertiary alicyclic amines) is 1. The molecule has 1 aliphatic heterocycles. The molecule has 0 unspecified atom stereocenters. The molecule has 2 aromatic rings. The van der Waals surface area contributed by atoms with E-state index >= 15 is 0 Å². The molecule has 2 saturated carbocycles. The number of benzene rings is 1. The SMILES string of the molecule is C=C[C@@H]1C[C@]1(NC(=O)[C@@H]1C[C@@H](Oc2nccc3cc(OC)ccc23)CN1C(=O)[C@@H](NC(=O)OC(C)(C)C(F)(F)F)C(C)(C)C)C(=O)NS(=O)(=O)OC1(C)CC1. The lowest BCUT2D eigenvalue weighted by Crippen LogP contribution is -2.60. The number of alkyl carbamates (subject to hydrolysis) is 1. The summed E-state index contributed by atoms with van der Waals surface area (Å²) in [5.74, 6) is -2.74. The smallest absolute Gasteiger partial charge is 0.427 e. The maximum atomic E-state index is 14.4. The molecule has 1 saturated heterocycles. The zero-order chi connectivity index (χ0) is 40.9. The van der Waals surface area contributed by atoms with Crippen LogP contribution in [0.3, 0.4) is 0 Å². The monoisotopic (exact) mass is 797 g/mol. The average molecular weight is 798 g/mol. The molecule has 5 atom stereocenters. The van der Waals surface area contributed by atoms with Crippen LogP contribution >= 0.6 is 0 Å². The van der Waals surface area contributed by atoms with Gasteiger partial charge in [-0.15, -0.1) is 6.58 Å². The van der Waals surface area contributed by atoms with Crippen molar-refractivity contribution in [3.8, 4) is 11.6 Å². The summed E-state index contributed by atoms with van der Waals surface area (Å²) in [6, 6.07) is 4.01. The van der Waals surface area contributed by atoms with Gasteiger partial charge in [0, 0.05) is 23.9 Å².